The molecule has 16 heavy (non-hydrogen) atoms. The molecule has 0 aliphatic rings. The fraction of sp³-hybridized carbons (Fsp3) is 0. The van der Waals surface area contributed by atoms with Crippen LogP contribution in [-0.4, -0.2) is 10.9 Å². The van der Waals surface area contributed by atoms with Crippen LogP contribution >= 0.6 is 11.3 Å². The van der Waals surface area contributed by atoms with Gasteiger partial charge in [0, 0.05) is 17.3 Å². The maximum absolute atomic E-state index is 11.6. The van der Waals surface area contributed by atoms with Crippen molar-refractivity contribution in [1.29, 1.82) is 5.26 Å². The van der Waals surface area contributed by atoms with Gasteiger partial charge in [-0.1, -0.05) is 6.07 Å². The van der Waals surface area contributed by atoms with Crippen LogP contribution in [0.25, 0.3) is 0 Å². The summed E-state index contributed by atoms with van der Waals surface area (Å²) in [7, 11) is 0. The SMILES string of the molecule is N#Cc1cccc(NC(=O)c2nccs2)c1. The number of anilines is 1. The molecule has 0 radical (unpaired) electrons. The molecule has 0 fully saturated rings. The van der Waals surface area contributed by atoms with E-state index in [-0.39, 0.29) is 5.91 Å². The first kappa shape index (κ1) is 10.3. The number of carbonyl (C=O) groups is 1. The number of aromatic nitrogens is 1. The number of hydrogen-bond acceptors (Lipinski definition) is 4. The van der Waals surface area contributed by atoms with Crippen molar-refractivity contribution in [3.8, 4) is 6.07 Å². The van der Waals surface area contributed by atoms with Crippen molar-refractivity contribution in [3.05, 3.63) is 46.4 Å². The molecule has 2 rings (SSSR count). The molecular weight excluding hydrogens is 222 g/mol. The van der Waals surface area contributed by atoms with Gasteiger partial charge >= 0.3 is 0 Å². The Balaban J connectivity index is 2.16. The maximum atomic E-state index is 11.6. The van der Waals surface area contributed by atoms with Crippen LogP contribution in [0.1, 0.15) is 15.4 Å². The molecule has 1 aromatic carbocycles. The van der Waals surface area contributed by atoms with Crippen LogP contribution in [0.2, 0.25) is 0 Å². The topological polar surface area (TPSA) is 65.8 Å². The molecule has 0 saturated carbocycles. The summed E-state index contributed by atoms with van der Waals surface area (Å²) >= 11 is 1.27. The fourth-order valence-electron chi connectivity index (χ4n) is 1.19. The second-order valence-electron chi connectivity index (χ2n) is 2.98. The Labute approximate surface area is 96.2 Å². The van der Waals surface area contributed by atoms with Gasteiger partial charge in [-0.2, -0.15) is 5.26 Å². The van der Waals surface area contributed by atoms with Crippen molar-refractivity contribution in [2.45, 2.75) is 0 Å². The van der Waals surface area contributed by atoms with Gasteiger partial charge in [0.05, 0.1) is 11.6 Å². The zero-order valence-corrected chi connectivity index (χ0v) is 8.99. The highest BCUT2D eigenvalue weighted by atomic mass is 32.1. The number of hydrogen-bond donors (Lipinski definition) is 1. The minimum atomic E-state index is -0.259. The average Bonchev–Trinajstić information content (AvgIpc) is 2.83. The second kappa shape index (κ2) is 4.55. The van der Waals surface area contributed by atoms with E-state index in [1.807, 2.05) is 6.07 Å². The first-order chi connectivity index (χ1) is 7.79. The third-order valence-corrected chi connectivity index (χ3v) is 2.65. The van der Waals surface area contributed by atoms with Crippen molar-refractivity contribution in [2.75, 3.05) is 5.32 Å². The smallest absolute Gasteiger partial charge is 0.284 e. The Kier molecular flexibility index (Phi) is 2.94. The largest absolute Gasteiger partial charge is 0.320 e. The third-order valence-electron chi connectivity index (χ3n) is 1.88. The quantitative estimate of drug-likeness (QED) is 0.859. The lowest BCUT2D eigenvalue weighted by molar-refractivity contribution is 0.102. The maximum Gasteiger partial charge on any atom is 0.284 e. The summed E-state index contributed by atoms with van der Waals surface area (Å²) in [6.07, 6.45) is 1.57. The summed E-state index contributed by atoms with van der Waals surface area (Å²) in [5.41, 5.74) is 1.11. The lowest BCUT2D eigenvalue weighted by atomic mass is 10.2. The van der Waals surface area contributed by atoms with E-state index >= 15 is 0 Å². The molecule has 4 nitrogen and oxygen atoms in total. The standard InChI is InChI=1S/C11H7N3OS/c12-7-8-2-1-3-9(6-8)14-10(15)11-13-4-5-16-11/h1-6H,(H,14,15). The van der Waals surface area contributed by atoms with Gasteiger partial charge in [-0.05, 0) is 18.2 Å². The van der Waals surface area contributed by atoms with Crippen LogP contribution in [0.15, 0.2) is 35.8 Å². The molecule has 0 spiro atoms. The van der Waals surface area contributed by atoms with Crippen molar-refractivity contribution in [2.24, 2.45) is 0 Å². The highest BCUT2D eigenvalue weighted by Crippen LogP contribution is 2.12. The average molecular weight is 229 g/mol. The molecule has 0 unspecified atom stereocenters. The van der Waals surface area contributed by atoms with E-state index in [4.69, 9.17) is 5.26 Å². The molecule has 0 aliphatic carbocycles. The van der Waals surface area contributed by atoms with Gasteiger partial charge in [0.15, 0.2) is 5.01 Å². The summed E-state index contributed by atoms with van der Waals surface area (Å²) in [6, 6.07) is 8.75. The highest BCUT2D eigenvalue weighted by Gasteiger charge is 2.08. The van der Waals surface area contributed by atoms with Crippen molar-refractivity contribution >= 4 is 22.9 Å². The van der Waals surface area contributed by atoms with Gasteiger partial charge in [0.1, 0.15) is 0 Å². The minimum Gasteiger partial charge on any atom is -0.320 e. The van der Waals surface area contributed by atoms with Crippen LogP contribution in [0.4, 0.5) is 5.69 Å². The summed E-state index contributed by atoms with van der Waals surface area (Å²) in [4.78, 5) is 15.5. The third kappa shape index (κ3) is 2.24. The predicted molar refractivity (Wildman–Crippen MR) is 61.2 cm³/mol. The second-order valence-corrected chi connectivity index (χ2v) is 3.88. The molecule has 1 heterocycles. The van der Waals surface area contributed by atoms with Crippen LogP contribution in [-0.2, 0) is 0 Å². The molecule has 0 bridgehead atoms. The zero-order valence-electron chi connectivity index (χ0n) is 8.18. The van der Waals surface area contributed by atoms with E-state index < -0.39 is 0 Å². The fourth-order valence-corrected chi connectivity index (χ4v) is 1.72. The molecular formula is C11H7N3OS. The van der Waals surface area contributed by atoms with E-state index in [1.54, 1.807) is 35.8 Å². The summed E-state index contributed by atoms with van der Waals surface area (Å²) in [6.45, 7) is 0. The summed E-state index contributed by atoms with van der Waals surface area (Å²) in [5, 5.41) is 13.5. The van der Waals surface area contributed by atoms with Gasteiger partial charge in [0.2, 0.25) is 0 Å². The Bertz CT molecular complexity index is 543. The normalized spacial score (nSPS) is 9.44. The van der Waals surface area contributed by atoms with Gasteiger partial charge in [-0.3, -0.25) is 4.79 Å². The van der Waals surface area contributed by atoms with Gasteiger partial charge < -0.3 is 5.32 Å². The van der Waals surface area contributed by atoms with Crippen LogP contribution in [0.5, 0.6) is 0 Å². The lowest BCUT2D eigenvalue weighted by Gasteiger charge is -2.02. The highest BCUT2D eigenvalue weighted by molar-refractivity contribution is 7.11. The van der Waals surface area contributed by atoms with Crippen LogP contribution < -0.4 is 5.32 Å². The Morgan fingerprint density at radius 3 is 3.06 bits per heavy atom. The van der Waals surface area contributed by atoms with Crippen molar-refractivity contribution in [3.63, 3.8) is 0 Å². The van der Waals surface area contributed by atoms with E-state index in [1.165, 1.54) is 11.3 Å². The van der Waals surface area contributed by atoms with Crippen LogP contribution in [0, 0.1) is 11.3 Å². The number of nitriles is 1. The number of amides is 1. The molecule has 0 atom stereocenters. The van der Waals surface area contributed by atoms with Gasteiger partial charge in [0.25, 0.3) is 5.91 Å². The number of benzene rings is 1. The number of carbonyl (C=O) groups excluding carboxylic acids is 1. The van der Waals surface area contributed by atoms with Gasteiger partial charge in [-0.15, -0.1) is 11.3 Å². The predicted octanol–water partition coefficient (Wildman–Crippen LogP) is 2.27. The summed E-state index contributed by atoms with van der Waals surface area (Å²) in [5.74, 6) is -0.259. The van der Waals surface area contributed by atoms with E-state index in [2.05, 4.69) is 10.3 Å². The van der Waals surface area contributed by atoms with Gasteiger partial charge in [-0.25, -0.2) is 4.98 Å². The number of rotatable bonds is 2. The summed E-state index contributed by atoms with van der Waals surface area (Å²) < 4.78 is 0. The Hall–Kier alpha value is -2.19. The molecule has 0 saturated heterocycles. The Morgan fingerprint density at radius 1 is 1.50 bits per heavy atom. The van der Waals surface area contributed by atoms with E-state index in [0.717, 1.165) is 0 Å². The number of nitrogens with one attached hydrogen (secondary N) is 1. The molecule has 5 heteroatoms. The molecule has 0 aliphatic heterocycles. The van der Waals surface area contributed by atoms with E-state index in [9.17, 15) is 4.79 Å². The Morgan fingerprint density at radius 2 is 2.38 bits per heavy atom. The van der Waals surface area contributed by atoms with Crippen molar-refractivity contribution in [1.82, 2.24) is 4.98 Å². The zero-order chi connectivity index (χ0) is 11.4. The minimum absolute atomic E-state index is 0.259. The first-order valence-electron chi connectivity index (χ1n) is 4.50. The monoisotopic (exact) mass is 229 g/mol. The number of nitrogens with zero attached hydrogens (tertiary/aromatic N) is 2. The molecule has 1 aromatic heterocycles. The van der Waals surface area contributed by atoms with E-state index in [0.29, 0.717) is 16.3 Å². The molecule has 1 amide bonds. The first-order valence-corrected chi connectivity index (χ1v) is 5.38. The van der Waals surface area contributed by atoms with Crippen LogP contribution in [0.3, 0.4) is 0 Å². The molecule has 2 aromatic rings. The lowest BCUT2D eigenvalue weighted by Crippen LogP contribution is -2.11. The molecule has 78 valence electrons. The van der Waals surface area contributed by atoms with Crippen molar-refractivity contribution < 1.29 is 4.79 Å². The molecule has 1 N–H and O–H groups in total. The number of thiazole rings is 1.